The molecular weight excluding hydrogens is 457 g/mol. The maximum absolute atomic E-state index is 13.7. The van der Waals surface area contributed by atoms with Gasteiger partial charge in [0.2, 0.25) is 5.13 Å². The van der Waals surface area contributed by atoms with Crippen molar-refractivity contribution < 1.29 is 13.9 Å². The lowest BCUT2D eigenvalue weighted by Crippen LogP contribution is -2.25. The van der Waals surface area contributed by atoms with E-state index in [1.807, 2.05) is 47.8 Å². The maximum Gasteiger partial charge on any atom is 0.280 e. The van der Waals surface area contributed by atoms with Gasteiger partial charge in [0.1, 0.15) is 17.3 Å². The zero-order valence-corrected chi connectivity index (χ0v) is 18.7. The maximum atomic E-state index is 13.7. The molecule has 1 amide bonds. The van der Waals surface area contributed by atoms with Crippen LogP contribution in [0.2, 0.25) is 0 Å². The summed E-state index contributed by atoms with van der Waals surface area (Å²) >= 11 is 2.70. The highest BCUT2D eigenvalue weighted by Crippen LogP contribution is 2.31. The molecule has 162 valence electrons. The number of hydrazone groups is 1. The van der Waals surface area contributed by atoms with E-state index in [9.17, 15) is 9.18 Å². The Kier molecular flexibility index (Phi) is 5.93. The molecule has 2 aromatic heterocycles. The Labute approximate surface area is 197 Å². The van der Waals surface area contributed by atoms with E-state index in [1.54, 1.807) is 36.5 Å². The number of hydrogen-bond acceptors (Lipinski definition) is 6. The van der Waals surface area contributed by atoms with Gasteiger partial charge in [-0.1, -0.05) is 41.7 Å². The Morgan fingerprint density at radius 1 is 0.970 bits per heavy atom. The van der Waals surface area contributed by atoms with Crippen molar-refractivity contribution in [2.24, 2.45) is 5.10 Å². The third-order valence-electron chi connectivity index (χ3n) is 4.62. The van der Waals surface area contributed by atoms with Crippen molar-refractivity contribution in [3.05, 3.63) is 107 Å². The highest BCUT2D eigenvalue weighted by atomic mass is 32.1. The summed E-state index contributed by atoms with van der Waals surface area (Å²) in [6, 6.07) is 24.4. The first-order valence-electron chi connectivity index (χ1n) is 9.97. The number of halogens is 1. The average molecular weight is 474 g/mol. The van der Waals surface area contributed by atoms with Crippen LogP contribution in [0.5, 0.6) is 11.5 Å². The fourth-order valence-electron chi connectivity index (χ4n) is 3.08. The molecule has 3 aromatic carbocycles. The smallest absolute Gasteiger partial charge is 0.280 e. The molecule has 0 radical (unpaired) electrons. The highest BCUT2D eigenvalue weighted by molar-refractivity contribution is 7.22. The molecule has 5 rings (SSSR count). The molecule has 0 aliphatic carbocycles. The summed E-state index contributed by atoms with van der Waals surface area (Å²) in [7, 11) is 0. The number of fused-ring (bicyclic) bond motifs is 1. The number of thiophene rings is 1. The summed E-state index contributed by atoms with van der Waals surface area (Å²) in [6.45, 7) is 0. The minimum Gasteiger partial charge on any atom is -0.457 e. The molecule has 5 aromatic rings. The standard InChI is InChI=1S/C25H16FN3O2S2/c26-18-11-12-22-23(15-18)33-25(28-22)29(27-16-21-10-5-13-32-21)24(30)17-6-4-9-20(14-17)31-19-7-2-1-3-8-19/h1-16H/b27-16+. The number of ether oxygens (including phenoxy) is 1. The van der Waals surface area contributed by atoms with Crippen molar-refractivity contribution >= 4 is 50.1 Å². The van der Waals surface area contributed by atoms with Gasteiger partial charge in [-0.05, 0) is 60.0 Å². The number of rotatable bonds is 6. The number of para-hydroxylation sites is 1. The molecule has 0 fully saturated rings. The van der Waals surface area contributed by atoms with Gasteiger partial charge < -0.3 is 4.74 Å². The van der Waals surface area contributed by atoms with Gasteiger partial charge in [-0.25, -0.2) is 9.37 Å². The van der Waals surface area contributed by atoms with E-state index in [0.717, 1.165) is 4.88 Å². The summed E-state index contributed by atoms with van der Waals surface area (Å²) in [5.41, 5.74) is 0.985. The molecule has 0 spiro atoms. The minimum absolute atomic E-state index is 0.350. The zero-order chi connectivity index (χ0) is 22.6. The quantitative estimate of drug-likeness (QED) is 0.198. The Hall–Kier alpha value is -3.88. The average Bonchev–Trinajstić information content (AvgIpc) is 3.49. The van der Waals surface area contributed by atoms with E-state index in [-0.39, 0.29) is 11.7 Å². The first-order chi connectivity index (χ1) is 16.2. The van der Waals surface area contributed by atoms with Gasteiger partial charge in [-0.2, -0.15) is 10.1 Å². The Morgan fingerprint density at radius 2 is 1.82 bits per heavy atom. The van der Waals surface area contributed by atoms with E-state index in [1.165, 1.54) is 39.8 Å². The van der Waals surface area contributed by atoms with Crippen LogP contribution >= 0.6 is 22.7 Å². The van der Waals surface area contributed by atoms with Gasteiger partial charge in [0, 0.05) is 10.4 Å². The van der Waals surface area contributed by atoms with Crippen molar-refractivity contribution in [2.75, 3.05) is 5.01 Å². The van der Waals surface area contributed by atoms with Crippen molar-refractivity contribution in [1.82, 2.24) is 4.98 Å². The number of benzene rings is 3. The van der Waals surface area contributed by atoms with E-state index in [4.69, 9.17) is 4.74 Å². The van der Waals surface area contributed by atoms with Crippen molar-refractivity contribution in [3.63, 3.8) is 0 Å². The second-order valence-electron chi connectivity index (χ2n) is 6.93. The first kappa shape index (κ1) is 21.0. The summed E-state index contributed by atoms with van der Waals surface area (Å²) in [4.78, 5) is 18.9. The molecule has 0 N–H and O–H groups in total. The zero-order valence-electron chi connectivity index (χ0n) is 17.1. The van der Waals surface area contributed by atoms with Crippen LogP contribution in [0.15, 0.2) is 95.4 Å². The summed E-state index contributed by atoms with van der Waals surface area (Å²) in [5, 5.41) is 7.95. The van der Waals surface area contributed by atoms with Gasteiger partial charge in [0.25, 0.3) is 5.91 Å². The molecule has 33 heavy (non-hydrogen) atoms. The molecule has 2 heterocycles. The lowest BCUT2D eigenvalue weighted by atomic mass is 10.2. The fourth-order valence-corrected chi connectivity index (χ4v) is 4.61. The summed E-state index contributed by atoms with van der Waals surface area (Å²) in [5.74, 6) is 0.466. The predicted molar refractivity (Wildman–Crippen MR) is 131 cm³/mol. The van der Waals surface area contributed by atoms with Crippen LogP contribution in [-0.4, -0.2) is 17.1 Å². The molecule has 5 nitrogen and oxygen atoms in total. The summed E-state index contributed by atoms with van der Waals surface area (Å²) in [6.07, 6.45) is 1.61. The number of hydrogen-bond donors (Lipinski definition) is 0. The SMILES string of the molecule is O=C(c1cccc(Oc2ccccc2)c1)N(/N=C/c1cccs1)c1nc2ccc(F)cc2s1. The van der Waals surface area contributed by atoms with E-state index in [0.29, 0.717) is 32.4 Å². The largest absolute Gasteiger partial charge is 0.457 e. The Balaban J connectivity index is 1.50. The van der Waals surface area contributed by atoms with Crippen LogP contribution in [0.4, 0.5) is 9.52 Å². The third kappa shape index (κ3) is 4.82. The minimum atomic E-state index is -0.374. The first-order valence-corrected chi connectivity index (χ1v) is 11.7. The van der Waals surface area contributed by atoms with Gasteiger partial charge >= 0.3 is 0 Å². The molecule has 8 heteroatoms. The topological polar surface area (TPSA) is 54.8 Å². The molecule has 0 unspecified atom stereocenters. The van der Waals surface area contributed by atoms with Gasteiger partial charge in [0.15, 0.2) is 0 Å². The molecule has 0 aliphatic rings. The van der Waals surface area contributed by atoms with Crippen LogP contribution < -0.4 is 9.75 Å². The Morgan fingerprint density at radius 3 is 2.64 bits per heavy atom. The van der Waals surface area contributed by atoms with Gasteiger partial charge in [0.05, 0.1) is 16.4 Å². The molecule has 0 saturated heterocycles. The normalized spacial score (nSPS) is 11.2. The lowest BCUT2D eigenvalue weighted by Gasteiger charge is -2.14. The number of carbonyl (C=O) groups excluding carboxylic acids is 1. The second kappa shape index (κ2) is 9.32. The molecular formula is C25H16FN3O2S2. The van der Waals surface area contributed by atoms with E-state index < -0.39 is 0 Å². The van der Waals surface area contributed by atoms with Crippen molar-refractivity contribution in [1.29, 1.82) is 0 Å². The van der Waals surface area contributed by atoms with Gasteiger partial charge in [-0.15, -0.1) is 11.3 Å². The number of carbonyl (C=O) groups is 1. The lowest BCUT2D eigenvalue weighted by molar-refractivity contribution is 0.0987. The van der Waals surface area contributed by atoms with Crippen molar-refractivity contribution in [3.8, 4) is 11.5 Å². The predicted octanol–water partition coefficient (Wildman–Crippen LogP) is 6.97. The van der Waals surface area contributed by atoms with E-state index >= 15 is 0 Å². The van der Waals surface area contributed by atoms with Crippen LogP contribution in [0.25, 0.3) is 10.2 Å². The van der Waals surface area contributed by atoms with Crippen LogP contribution in [0, 0.1) is 5.82 Å². The van der Waals surface area contributed by atoms with Crippen molar-refractivity contribution in [2.45, 2.75) is 0 Å². The molecule has 0 saturated carbocycles. The summed E-state index contributed by atoms with van der Waals surface area (Å²) < 4.78 is 20.2. The number of nitrogens with zero attached hydrogens (tertiary/aromatic N) is 3. The van der Waals surface area contributed by atoms with Crippen LogP contribution in [0.1, 0.15) is 15.2 Å². The second-order valence-corrected chi connectivity index (χ2v) is 8.92. The molecule has 0 bridgehead atoms. The van der Waals surface area contributed by atoms with E-state index in [2.05, 4.69) is 10.1 Å². The number of anilines is 1. The molecule has 0 aliphatic heterocycles. The monoisotopic (exact) mass is 473 g/mol. The number of aromatic nitrogens is 1. The van der Waals surface area contributed by atoms with Crippen LogP contribution in [-0.2, 0) is 0 Å². The fraction of sp³-hybridized carbons (Fsp3) is 0. The van der Waals surface area contributed by atoms with Gasteiger partial charge in [-0.3, -0.25) is 4.79 Å². The number of thiazole rings is 1. The molecule has 0 atom stereocenters. The number of amides is 1. The Bertz CT molecular complexity index is 1430. The van der Waals surface area contributed by atoms with Crippen LogP contribution in [0.3, 0.4) is 0 Å². The third-order valence-corrected chi connectivity index (χ3v) is 6.42. The highest BCUT2D eigenvalue weighted by Gasteiger charge is 2.22.